The van der Waals surface area contributed by atoms with Gasteiger partial charge in [-0.05, 0) is 25.5 Å². The number of rotatable bonds is 5. The zero-order valence-corrected chi connectivity index (χ0v) is 13.8. The van der Waals surface area contributed by atoms with Crippen molar-refractivity contribution in [3.63, 3.8) is 0 Å². The summed E-state index contributed by atoms with van der Waals surface area (Å²) in [4.78, 5) is 19.4. The Hall–Kier alpha value is -2.14. The predicted octanol–water partition coefficient (Wildman–Crippen LogP) is 2.60. The van der Waals surface area contributed by atoms with Crippen LogP contribution in [0.3, 0.4) is 0 Å². The predicted molar refractivity (Wildman–Crippen MR) is 90.1 cm³/mol. The number of fused-ring (bicyclic) bond motifs is 1. The van der Waals surface area contributed by atoms with E-state index >= 15 is 0 Å². The van der Waals surface area contributed by atoms with Crippen molar-refractivity contribution >= 4 is 5.91 Å². The van der Waals surface area contributed by atoms with Crippen molar-refractivity contribution in [3.8, 4) is 0 Å². The minimum absolute atomic E-state index is 0.0287. The van der Waals surface area contributed by atoms with E-state index in [1.165, 1.54) is 0 Å². The van der Waals surface area contributed by atoms with E-state index in [0.717, 1.165) is 44.0 Å². The summed E-state index contributed by atoms with van der Waals surface area (Å²) in [5.74, 6) is 0.882. The Kier molecular flexibility index (Phi) is 4.76. The van der Waals surface area contributed by atoms with Crippen molar-refractivity contribution in [2.45, 2.75) is 39.4 Å². The largest absolute Gasteiger partial charge is 0.344 e. The minimum atomic E-state index is -0.106. The van der Waals surface area contributed by atoms with Crippen LogP contribution >= 0.6 is 0 Å². The van der Waals surface area contributed by atoms with Gasteiger partial charge in [0.1, 0.15) is 11.5 Å². The number of hydrogen-bond acceptors (Lipinski definition) is 3. The summed E-state index contributed by atoms with van der Waals surface area (Å²) < 4.78 is 2.11. The maximum absolute atomic E-state index is 12.5. The highest BCUT2D eigenvalue weighted by Crippen LogP contribution is 2.15. The molecule has 0 saturated carbocycles. The van der Waals surface area contributed by atoms with Crippen LogP contribution in [0.1, 0.15) is 48.2 Å². The van der Waals surface area contributed by atoms with E-state index in [9.17, 15) is 4.79 Å². The number of benzene rings is 1. The maximum atomic E-state index is 12.5. The monoisotopic (exact) mass is 312 g/mol. The average Bonchev–Trinajstić information content (AvgIpc) is 2.99. The Morgan fingerprint density at radius 2 is 2.09 bits per heavy atom. The van der Waals surface area contributed by atoms with Gasteiger partial charge in [0.25, 0.3) is 5.91 Å². The van der Waals surface area contributed by atoms with E-state index in [-0.39, 0.29) is 11.9 Å². The van der Waals surface area contributed by atoms with E-state index in [1.807, 2.05) is 43.5 Å². The molecule has 0 fully saturated rings. The van der Waals surface area contributed by atoms with Gasteiger partial charge in [-0.2, -0.15) is 0 Å². The Morgan fingerprint density at radius 1 is 1.30 bits per heavy atom. The van der Waals surface area contributed by atoms with Gasteiger partial charge in [-0.15, -0.1) is 0 Å². The summed E-state index contributed by atoms with van der Waals surface area (Å²) in [5.41, 5.74) is 1.61. The van der Waals surface area contributed by atoms with Crippen molar-refractivity contribution in [1.82, 2.24) is 19.8 Å². The fraction of sp³-hybridized carbons (Fsp3) is 0.444. The Morgan fingerprint density at radius 3 is 2.83 bits per heavy atom. The highest BCUT2D eigenvalue weighted by Gasteiger charge is 2.21. The number of carbonyl (C=O) groups is 1. The van der Waals surface area contributed by atoms with Gasteiger partial charge >= 0.3 is 0 Å². The molecule has 1 aromatic heterocycles. The molecule has 3 rings (SSSR count). The first-order chi connectivity index (χ1) is 11.2. The van der Waals surface area contributed by atoms with Crippen LogP contribution in [-0.4, -0.2) is 33.4 Å². The molecule has 5 heteroatoms. The molecule has 2 heterocycles. The molecule has 1 aromatic carbocycles. The molecule has 2 aromatic rings. The van der Waals surface area contributed by atoms with Crippen molar-refractivity contribution in [2.75, 3.05) is 13.1 Å². The van der Waals surface area contributed by atoms with Crippen LogP contribution in [0.5, 0.6) is 0 Å². The summed E-state index contributed by atoms with van der Waals surface area (Å²) in [6.07, 6.45) is 3.02. The summed E-state index contributed by atoms with van der Waals surface area (Å²) in [5, 5.41) is 3.03. The van der Waals surface area contributed by atoms with Crippen molar-refractivity contribution in [3.05, 3.63) is 53.6 Å². The smallest absolute Gasteiger partial charge is 0.271 e. The van der Waals surface area contributed by atoms with Gasteiger partial charge in [-0.25, -0.2) is 4.98 Å². The summed E-state index contributed by atoms with van der Waals surface area (Å²) in [6.45, 7) is 8.02. The van der Waals surface area contributed by atoms with Crippen LogP contribution in [0.15, 0.2) is 36.5 Å². The van der Waals surface area contributed by atoms with Crippen LogP contribution in [0.2, 0.25) is 0 Å². The number of imidazole rings is 1. The number of carbonyl (C=O) groups excluding carboxylic acids is 1. The number of aromatic nitrogens is 2. The van der Waals surface area contributed by atoms with E-state index in [0.29, 0.717) is 5.69 Å². The number of amides is 1. The van der Waals surface area contributed by atoms with Gasteiger partial charge in [0.15, 0.2) is 0 Å². The number of nitrogens with one attached hydrogen (secondary N) is 1. The molecule has 1 aliphatic heterocycles. The molecule has 122 valence electrons. The van der Waals surface area contributed by atoms with Gasteiger partial charge in [-0.3, -0.25) is 9.69 Å². The van der Waals surface area contributed by atoms with Gasteiger partial charge < -0.3 is 9.88 Å². The second-order valence-corrected chi connectivity index (χ2v) is 6.12. The molecule has 0 aliphatic carbocycles. The van der Waals surface area contributed by atoms with Crippen molar-refractivity contribution < 1.29 is 4.79 Å². The molecule has 0 radical (unpaired) electrons. The third-order valence-corrected chi connectivity index (χ3v) is 4.30. The van der Waals surface area contributed by atoms with E-state index in [1.54, 1.807) is 0 Å². The first-order valence-corrected chi connectivity index (χ1v) is 8.31. The fourth-order valence-electron chi connectivity index (χ4n) is 3.01. The zero-order valence-electron chi connectivity index (χ0n) is 13.8. The molecule has 0 spiro atoms. The van der Waals surface area contributed by atoms with E-state index < -0.39 is 0 Å². The molecular weight excluding hydrogens is 288 g/mol. The molecule has 23 heavy (non-hydrogen) atoms. The minimum Gasteiger partial charge on any atom is -0.344 e. The molecule has 1 atom stereocenters. The van der Waals surface area contributed by atoms with Gasteiger partial charge in [0.2, 0.25) is 0 Å². The van der Waals surface area contributed by atoms with Gasteiger partial charge in [-0.1, -0.05) is 37.3 Å². The number of hydrogen-bond donors (Lipinski definition) is 1. The summed E-state index contributed by atoms with van der Waals surface area (Å²) >= 11 is 0. The fourth-order valence-corrected chi connectivity index (χ4v) is 3.01. The first-order valence-electron chi connectivity index (χ1n) is 8.31. The molecule has 0 saturated heterocycles. The SMILES string of the molecule is CCCN1CCn2cc(C(=O)NC(C)c3ccccc3)nc2C1. The van der Waals surface area contributed by atoms with Crippen LogP contribution in [0.4, 0.5) is 0 Å². The third kappa shape index (κ3) is 3.62. The lowest BCUT2D eigenvalue weighted by molar-refractivity contribution is 0.0935. The molecule has 1 amide bonds. The quantitative estimate of drug-likeness (QED) is 0.923. The third-order valence-electron chi connectivity index (χ3n) is 4.30. The highest BCUT2D eigenvalue weighted by atomic mass is 16.2. The lowest BCUT2D eigenvalue weighted by Gasteiger charge is -2.26. The van der Waals surface area contributed by atoms with Gasteiger partial charge in [0.05, 0.1) is 12.6 Å². The first kappa shape index (κ1) is 15.7. The summed E-state index contributed by atoms with van der Waals surface area (Å²) in [7, 11) is 0. The molecule has 5 nitrogen and oxygen atoms in total. The van der Waals surface area contributed by atoms with Crippen LogP contribution in [-0.2, 0) is 13.1 Å². The van der Waals surface area contributed by atoms with E-state index in [2.05, 4.69) is 26.7 Å². The molecule has 1 N–H and O–H groups in total. The van der Waals surface area contributed by atoms with Crippen LogP contribution in [0, 0.1) is 0 Å². The summed E-state index contributed by atoms with van der Waals surface area (Å²) in [6, 6.07) is 9.95. The number of nitrogens with zero attached hydrogens (tertiary/aromatic N) is 3. The van der Waals surface area contributed by atoms with Crippen LogP contribution in [0.25, 0.3) is 0 Å². The van der Waals surface area contributed by atoms with Crippen molar-refractivity contribution in [2.24, 2.45) is 0 Å². The van der Waals surface area contributed by atoms with Gasteiger partial charge in [0, 0.05) is 19.3 Å². The second-order valence-electron chi connectivity index (χ2n) is 6.12. The molecular formula is C18H24N4O. The normalized spacial score (nSPS) is 15.9. The average molecular weight is 312 g/mol. The van der Waals surface area contributed by atoms with E-state index in [4.69, 9.17) is 0 Å². The zero-order chi connectivity index (χ0) is 16.2. The Labute approximate surface area is 137 Å². The standard InChI is InChI=1S/C18H24N4O/c1-3-9-21-10-11-22-12-16(20-17(22)13-21)18(23)19-14(2)15-7-5-4-6-8-15/h4-8,12,14H,3,9-11,13H2,1-2H3,(H,19,23). The molecule has 0 bridgehead atoms. The topological polar surface area (TPSA) is 50.2 Å². The molecule has 1 aliphatic rings. The lowest BCUT2D eigenvalue weighted by atomic mass is 10.1. The lowest BCUT2D eigenvalue weighted by Crippen LogP contribution is -2.34. The highest BCUT2D eigenvalue weighted by molar-refractivity contribution is 5.92. The van der Waals surface area contributed by atoms with Crippen molar-refractivity contribution in [1.29, 1.82) is 0 Å². The Balaban J connectivity index is 1.67. The second kappa shape index (κ2) is 6.96. The molecule has 1 unspecified atom stereocenters. The van der Waals surface area contributed by atoms with Crippen LogP contribution < -0.4 is 5.32 Å². The Bertz CT molecular complexity index is 665. The maximum Gasteiger partial charge on any atom is 0.271 e.